The summed E-state index contributed by atoms with van der Waals surface area (Å²) in [6, 6.07) is 12.8. The van der Waals surface area contributed by atoms with Gasteiger partial charge in [-0.25, -0.2) is 4.57 Å². The molecule has 0 bridgehead atoms. The summed E-state index contributed by atoms with van der Waals surface area (Å²) in [5.74, 6) is 1.27. The number of benzene rings is 2. The van der Waals surface area contributed by atoms with Crippen LogP contribution in [0.5, 0.6) is 11.5 Å². The van der Waals surface area contributed by atoms with Crippen LogP contribution in [0.1, 0.15) is 12.2 Å². The van der Waals surface area contributed by atoms with E-state index in [-0.39, 0.29) is 11.5 Å². The molecule has 0 radical (unpaired) electrons. The van der Waals surface area contributed by atoms with Gasteiger partial charge in [-0.1, -0.05) is 0 Å². The molecular weight excluding hydrogens is 376 g/mol. The SMILES string of the molecule is FC(F)Oc1ccc(-c2c[n+]3c(n2-c2ccc(OC(F)F)cc2)CCC3)cc1. The third-order valence-corrected chi connectivity index (χ3v) is 4.60. The van der Waals surface area contributed by atoms with Crippen LogP contribution in [-0.2, 0) is 13.0 Å². The Morgan fingerprint density at radius 1 is 0.821 bits per heavy atom. The maximum Gasteiger partial charge on any atom is 0.387 e. The molecule has 0 saturated heterocycles. The van der Waals surface area contributed by atoms with Gasteiger partial charge in [-0.05, 0) is 55.0 Å². The molecule has 0 aliphatic carbocycles. The minimum Gasteiger partial charge on any atom is -0.435 e. The van der Waals surface area contributed by atoms with Crippen molar-refractivity contribution < 1.29 is 31.6 Å². The van der Waals surface area contributed by atoms with Crippen LogP contribution in [0.25, 0.3) is 16.9 Å². The number of nitrogens with zero attached hydrogens (tertiary/aromatic N) is 2. The minimum atomic E-state index is -2.87. The van der Waals surface area contributed by atoms with Crippen molar-refractivity contribution in [2.45, 2.75) is 32.6 Å². The minimum absolute atomic E-state index is 0.0882. The quantitative estimate of drug-likeness (QED) is 0.453. The standard InChI is InChI=1S/C20H17F4N2O2/c21-19(22)27-15-7-3-13(4-8-15)17-12-25-11-1-2-18(25)26(17)14-5-9-16(10-6-14)28-20(23)24/h3-10,12,19-20H,1-2,11H2/q+1. The second kappa shape index (κ2) is 7.53. The van der Waals surface area contributed by atoms with E-state index in [0.717, 1.165) is 42.2 Å². The smallest absolute Gasteiger partial charge is 0.387 e. The molecule has 146 valence electrons. The zero-order chi connectivity index (χ0) is 19.7. The summed E-state index contributed by atoms with van der Waals surface area (Å²) in [7, 11) is 0. The largest absolute Gasteiger partial charge is 0.435 e. The second-order valence-corrected chi connectivity index (χ2v) is 6.34. The van der Waals surface area contributed by atoms with Crippen LogP contribution in [0.2, 0.25) is 0 Å². The summed E-state index contributed by atoms with van der Waals surface area (Å²) in [4.78, 5) is 0. The summed E-state index contributed by atoms with van der Waals surface area (Å²) in [5, 5.41) is 0. The molecule has 0 atom stereocenters. The van der Waals surface area contributed by atoms with E-state index in [2.05, 4.69) is 14.0 Å². The van der Waals surface area contributed by atoms with Gasteiger partial charge in [0.25, 0.3) is 5.82 Å². The highest BCUT2D eigenvalue weighted by Crippen LogP contribution is 2.29. The lowest BCUT2D eigenvalue weighted by Gasteiger charge is -2.08. The molecule has 0 N–H and O–H groups in total. The Morgan fingerprint density at radius 3 is 1.96 bits per heavy atom. The fraction of sp³-hybridized carbons (Fsp3) is 0.250. The van der Waals surface area contributed by atoms with Gasteiger partial charge in [0.15, 0.2) is 5.69 Å². The number of imidazole rings is 1. The molecule has 8 heteroatoms. The molecular formula is C20H17F4N2O2+. The lowest BCUT2D eigenvalue weighted by molar-refractivity contribution is -0.689. The highest BCUT2D eigenvalue weighted by Gasteiger charge is 2.29. The topological polar surface area (TPSA) is 27.3 Å². The maximum absolute atomic E-state index is 12.4. The van der Waals surface area contributed by atoms with Crippen molar-refractivity contribution in [1.82, 2.24) is 4.57 Å². The Labute approximate surface area is 158 Å². The molecule has 4 nitrogen and oxygen atoms in total. The zero-order valence-electron chi connectivity index (χ0n) is 14.7. The van der Waals surface area contributed by atoms with Crippen LogP contribution in [0.4, 0.5) is 17.6 Å². The molecule has 28 heavy (non-hydrogen) atoms. The Kier molecular flexibility index (Phi) is 4.93. The van der Waals surface area contributed by atoms with E-state index in [1.165, 1.54) is 24.3 Å². The Bertz CT molecular complexity index is 954. The van der Waals surface area contributed by atoms with Gasteiger partial charge in [0.05, 0.1) is 13.0 Å². The van der Waals surface area contributed by atoms with Crippen LogP contribution >= 0.6 is 0 Å². The first kappa shape index (κ1) is 18.3. The number of rotatable bonds is 6. The summed E-state index contributed by atoms with van der Waals surface area (Å²) in [6.07, 6.45) is 3.90. The van der Waals surface area contributed by atoms with Gasteiger partial charge in [0.1, 0.15) is 23.4 Å². The molecule has 3 aromatic rings. The first-order valence-electron chi connectivity index (χ1n) is 8.76. The van der Waals surface area contributed by atoms with Crippen LogP contribution in [0.3, 0.4) is 0 Å². The predicted molar refractivity (Wildman–Crippen MR) is 93.0 cm³/mol. The molecule has 0 unspecified atom stereocenters. The monoisotopic (exact) mass is 393 g/mol. The van der Waals surface area contributed by atoms with Crippen molar-refractivity contribution in [3.63, 3.8) is 0 Å². The van der Waals surface area contributed by atoms with E-state index in [1.54, 1.807) is 24.3 Å². The van der Waals surface area contributed by atoms with E-state index in [9.17, 15) is 17.6 Å². The first-order chi connectivity index (χ1) is 13.5. The number of fused-ring (bicyclic) bond motifs is 1. The van der Waals surface area contributed by atoms with E-state index >= 15 is 0 Å². The summed E-state index contributed by atoms with van der Waals surface area (Å²) < 4.78 is 62.5. The third-order valence-electron chi connectivity index (χ3n) is 4.60. The van der Waals surface area contributed by atoms with Crippen molar-refractivity contribution in [3.8, 4) is 28.4 Å². The number of hydrogen-bond donors (Lipinski definition) is 0. The Morgan fingerprint density at radius 2 is 1.39 bits per heavy atom. The lowest BCUT2D eigenvalue weighted by Crippen LogP contribution is -2.30. The van der Waals surface area contributed by atoms with Crippen molar-refractivity contribution in [3.05, 3.63) is 60.6 Å². The third kappa shape index (κ3) is 3.67. The summed E-state index contributed by atoms with van der Waals surface area (Å²) >= 11 is 0. The van der Waals surface area contributed by atoms with Gasteiger partial charge < -0.3 is 9.47 Å². The Hall–Kier alpha value is -3.03. The molecule has 0 fully saturated rings. The highest BCUT2D eigenvalue weighted by atomic mass is 19.3. The summed E-state index contributed by atoms with van der Waals surface area (Å²) in [6.45, 7) is -4.86. The molecule has 2 heterocycles. The average Bonchev–Trinajstić information content (AvgIpc) is 3.23. The van der Waals surface area contributed by atoms with Crippen molar-refractivity contribution >= 4 is 0 Å². The number of alkyl halides is 4. The summed E-state index contributed by atoms with van der Waals surface area (Å²) in [5.41, 5.74) is 2.51. The van der Waals surface area contributed by atoms with Crippen molar-refractivity contribution in [2.24, 2.45) is 0 Å². The van der Waals surface area contributed by atoms with E-state index < -0.39 is 13.2 Å². The van der Waals surface area contributed by atoms with Crippen LogP contribution in [0.15, 0.2) is 54.7 Å². The number of aromatic nitrogens is 2. The second-order valence-electron chi connectivity index (χ2n) is 6.34. The van der Waals surface area contributed by atoms with Crippen molar-refractivity contribution in [1.29, 1.82) is 0 Å². The lowest BCUT2D eigenvalue weighted by atomic mass is 10.1. The molecule has 0 spiro atoms. The van der Waals surface area contributed by atoms with Gasteiger partial charge in [-0.2, -0.15) is 22.1 Å². The fourth-order valence-corrected chi connectivity index (χ4v) is 3.48. The van der Waals surface area contributed by atoms with Gasteiger partial charge >= 0.3 is 13.2 Å². The molecule has 4 rings (SSSR count). The molecule has 0 saturated carbocycles. The molecule has 2 aromatic carbocycles. The van der Waals surface area contributed by atoms with Gasteiger partial charge in [-0.15, -0.1) is 0 Å². The van der Waals surface area contributed by atoms with Gasteiger partial charge in [0, 0.05) is 5.56 Å². The highest BCUT2D eigenvalue weighted by molar-refractivity contribution is 5.63. The van der Waals surface area contributed by atoms with E-state index in [4.69, 9.17) is 0 Å². The van der Waals surface area contributed by atoms with Gasteiger partial charge in [0.2, 0.25) is 0 Å². The molecule has 1 aliphatic rings. The van der Waals surface area contributed by atoms with E-state index in [0.29, 0.717) is 0 Å². The number of halogens is 4. The van der Waals surface area contributed by atoms with Crippen LogP contribution in [-0.4, -0.2) is 17.8 Å². The van der Waals surface area contributed by atoms with Crippen molar-refractivity contribution in [2.75, 3.05) is 0 Å². The normalized spacial score (nSPS) is 13.2. The van der Waals surface area contributed by atoms with Crippen LogP contribution < -0.4 is 14.0 Å². The number of hydrogen-bond acceptors (Lipinski definition) is 2. The molecule has 0 amide bonds. The Balaban J connectivity index is 1.71. The van der Waals surface area contributed by atoms with Crippen LogP contribution in [0, 0.1) is 0 Å². The number of ether oxygens (including phenoxy) is 2. The fourth-order valence-electron chi connectivity index (χ4n) is 3.48. The first-order valence-corrected chi connectivity index (χ1v) is 8.76. The van der Waals surface area contributed by atoms with Gasteiger partial charge in [-0.3, -0.25) is 0 Å². The van der Waals surface area contributed by atoms with E-state index in [1.807, 2.05) is 10.8 Å². The number of aryl methyl sites for hydroxylation is 1. The zero-order valence-corrected chi connectivity index (χ0v) is 14.7. The maximum atomic E-state index is 12.4. The molecule has 1 aromatic heterocycles. The predicted octanol–water partition coefficient (Wildman–Crippen LogP) is 4.58. The molecule has 1 aliphatic heterocycles. The average molecular weight is 393 g/mol.